The molecule has 2 aliphatic rings. The molecule has 1 atom stereocenters. The first-order chi connectivity index (χ1) is 9.09. The summed E-state index contributed by atoms with van der Waals surface area (Å²) < 4.78 is 5.50. The van der Waals surface area contributed by atoms with E-state index in [0.29, 0.717) is 19.6 Å². The number of anilines is 1. The molecule has 1 N–H and O–H groups in total. The highest BCUT2D eigenvalue weighted by Gasteiger charge is 2.35. The van der Waals surface area contributed by atoms with Gasteiger partial charge in [-0.3, -0.25) is 9.59 Å². The number of carbonyl (C=O) groups excluding carboxylic acids is 1. The lowest BCUT2D eigenvalue weighted by Crippen LogP contribution is -2.37. The fraction of sp³-hybridized carbons (Fsp3) is 0.429. The molecular weight excluding hydrogens is 246 g/mol. The highest BCUT2D eigenvalue weighted by molar-refractivity contribution is 5.96. The van der Waals surface area contributed by atoms with Crippen molar-refractivity contribution in [3.8, 4) is 5.75 Å². The van der Waals surface area contributed by atoms with Crippen LogP contribution >= 0.6 is 0 Å². The maximum Gasteiger partial charge on any atom is 0.311 e. The van der Waals surface area contributed by atoms with Gasteiger partial charge in [-0.1, -0.05) is 6.07 Å². The van der Waals surface area contributed by atoms with Gasteiger partial charge in [-0.25, -0.2) is 0 Å². The zero-order valence-corrected chi connectivity index (χ0v) is 10.7. The maximum atomic E-state index is 11.8. The van der Waals surface area contributed by atoms with E-state index in [1.807, 2.05) is 6.07 Å². The molecule has 0 bridgehead atoms. The molecule has 0 saturated carbocycles. The van der Waals surface area contributed by atoms with Gasteiger partial charge in [0.15, 0.2) is 0 Å². The number of benzene rings is 1. The predicted molar refractivity (Wildman–Crippen MR) is 68.7 cm³/mol. The van der Waals surface area contributed by atoms with Crippen molar-refractivity contribution >= 4 is 17.6 Å². The van der Waals surface area contributed by atoms with E-state index in [0.717, 1.165) is 29.0 Å². The number of aliphatic carboxylic acids is 1. The molecule has 5 heteroatoms. The van der Waals surface area contributed by atoms with Crippen LogP contribution in [0.1, 0.15) is 30.4 Å². The van der Waals surface area contributed by atoms with Gasteiger partial charge in [0.1, 0.15) is 5.75 Å². The molecule has 0 spiro atoms. The van der Waals surface area contributed by atoms with Gasteiger partial charge in [-0.15, -0.1) is 0 Å². The van der Waals surface area contributed by atoms with Gasteiger partial charge >= 0.3 is 5.97 Å². The third-order valence-corrected chi connectivity index (χ3v) is 3.85. The lowest BCUT2D eigenvalue weighted by atomic mass is 9.87. The zero-order chi connectivity index (χ0) is 13.6. The fourth-order valence-electron chi connectivity index (χ4n) is 2.97. The molecule has 0 saturated heterocycles. The van der Waals surface area contributed by atoms with E-state index >= 15 is 0 Å². The third-order valence-electron chi connectivity index (χ3n) is 3.85. The molecule has 1 aromatic rings. The predicted octanol–water partition coefficient (Wildman–Crippen LogP) is 1.55. The van der Waals surface area contributed by atoms with Crippen LogP contribution in [0.15, 0.2) is 12.1 Å². The number of ether oxygens (including phenoxy) is 1. The van der Waals surface area contributed by atoms with E-state index in [9.17, 15) is 14.7 Å². The van der Waals surface area contributed by atoms with Crippen LogP contribution in [0.2, 0.25) is 0 Å². The molecule has 5 nitrogen and oxygen atoms in total. The highest BCUT2D eigenvalue weighted by Crippen LogP contribution is 2.43. The van der Waals surface area contributed by atoms with Crippen LogP contribution in [0.5, 0.6) is 5.75 Å². The number of fused-ring (bicyclic) bond motifs is 3. The molecule has 0 radical (unpaired) electrons. The summed E-state index contributed by atoms with van der Waals surface area (Å²) in [6, 6.07) is 3.61. The lowest BCUT2D eigenvalue weighted by Gasteiger charge is -2.33. The van der Waals surface area contributed by atoms with Crippen molar-refractivity contribution in [2.24, 2.45) is 0 Å². The SMILES string of the molecule is CC(=O)N1CCC(C(=O)O)c2ccc3c(c21)CCO3. The standard InChI is InChI=1S/C14H15NO4/c1-8(16)15-6-4-10(14(17)18)9-2-3-12-11(13(9)15)5-7-19-12/h2-3,10H,4-7H2,1H3,(H,17,18). The molecule has 0 aromatic heterocycles. The molecular formula is C14H15NO4. The normalized spacial score (nSPS) is 20.5. The Kier molecular flexibility index (Phi) is 2.69. The number of carboxylic acids is 1. The molecule has 0 aliphatic carbocycles. The average Bonchev–Trinajstić information content (AvgIpc) is 2.85. The maximum absolute atomic E-state index is 11.8. The summed E-state index contributed by atoms with van der Waals surface area (Å²) in [5, 5.41) is 9.32. The number of amides is 1. The molecule has 0 fully saturated rings. The quantitative estimate of drug-likeness (QED) is 0.832. The highest BCUT2D eigenvalue weighted by atomic mass is 16.5. The molecule has 2 heterocycles. The fourth-order valence-corrected chi connectivity index (χ4v) is 2.97. The van der Waals surface area contributed by atoms with Crippen molar-refractivity contribution < 1.29 is 19.4 Å². The van der Waals surface area contributed by atoms with Crippen LogP contribution in [0.4, 0.5) is 5.69 Å². The van der Waals surface area contributed by atoms with Gasteiger partial charge in [0.2, 0.25) is 5.91 Å². The minimum Gasteiger partial charge on any atom is -0.493 e. The number of hydrogen-bond acceptors (Lipinski definition) is 3. The number of carbonyl (C=O) groups is 2. The van der Waals surface area contributed by atoms with E-state index in [2.05, 4.69) is 0 Å². The topological polar surface area (TPSA) is 66.8 Å². The Balaban J connectivity index is 2.19. The lowest BCUT2D eigenvalue weighted by molar-refractivity contribution is -0.139. The van der Waals surface area contributed by atoms with Crippen molar-refractivity contribution in [2.75, 3.05) is 18.1 Å². The number of carboxylic acid groups (broad SMARTS) is 1. The molecule has 1 unspecified atom stereocenters. The monoisotopic (exact) mass is 261 g/mol. The Hall–Kier alpha value is -2.04. The van der Waals surface area contributed by atoms with Crippen molar-refractivity contribution in [3.05, 3.63) is 23.3 Å². The van der Waals surface area contributed by atoms with Crippen LogP contribution < -0.4 is 9.64 Å². The third kappa shape index (κ3) is 1.77. The summed E-state index contributed by atoms with van der Waals surface area (Å²) in [4.78, 5) is 24.8. The van der Waals surface area contributed by atoms with Crippen molar-refractivity contribution in [3.63, 3.8) is 0 Å². The van der Waals surface area contributed by atoms with E-state index in [-0.39, 0.29) is 5.91 Å². The van der Waals surface area contributed by atoms with Gasteiger partial charge in [-0.05, 0) is 18.1 Å². The Morgan fingerprint density at radius 2 is 2.21 bits per heavy atom. The van der Waals surface area contributed by atoms with Gasteiger partial charge in [0, 0.05) is 25.5 Å². The molecule has 1 aromatic carbocycles. The summed E-state index contributed by atoms with van der Waals surface area (Å²) in [5.41, 5.74) is 2.47. The average molecular weight is 261 g/mol. The Labute approximate surface area is 110 Å². The molecule has 1 amide bonds. The second-order valence-corrected chi connectivity index (χ2v) is 4.93. The molecule has 2 aliphatic heterocycles. The summed E-state index contributed by atoms with van der Waals surface area (Å²) in [7, 11) is 0. The first kappa shape index (κ1) is 12.0. The smallest absolute Gasteiger partial charge is 0.311 e. The zero-order valence-electron chi connectivity index (χ0n) is 10.7. The molecule has 100 valence electrons. The Bertz CT molecular complexity index is 567. The second kappa shape index (κ2) is 4.26. The van der Waals surface area contributed by atoms with E-state index in [4.69, 9.17) is 4.74 Å². The summed E-state index contributed by atoms with van der Waals surface area (Å²) in [5.74, 6) is -0.638. The molecule has 3 rings (SSSR count). The van der Waals surface area contributed by atoms with E-state index < -0.39 is 11.9 Å². The van der Waals surface area contributed by atoms with Crippen LogP contribution in [-0.4, -0.2) is 30.1 Å². The van der Waals surface area contributed by atoms with Gasteiger partial charge in [0.25, 0.3) is 0 Å². The minimum atomic E-state index is -0.830. The van der Waals surface area contributed by atoms with E-state index in [1.54, 1.807) is 11.0 Å². The second-order valence-electron chi connectivity index (χ2n) is 4.93. The van der Waals surface area contributed by atoms with Crippen molar-refractivity contribution in [1.29, 1.82) is 0 Å². The van der Waals surface area contributed by atoms with Crippen molar-refractivity contribution in [1.82, 2.24) is 0 Å². The van der Waals surface area contributed by atoms with Gasteiger partial charge in [0.05, 0.1) is 18.2 Å². The number of rotatable bonds is 1. The first-order valence-electron chi connectivity index (χ1n) is 6.39. The Morgan fingerprint density at radius 1 is 1.42 bits per heavy atom. The van der Waals surface area contributed by atoms with Gasteiger partial charge < -0.3 is 14.7 Å². The van der Waals surface area contributed by atoms with Crippen LogP contribution in [-0.2, 0) is 16.0 Å². The van der Waals surface area contributed by atoms with Gasteiger partial charge in [-0.2, -0.15) is 0 Å². The van der Waals surface area contributed by atoms with Crippen LogP contribution in [0.3, 0.4) is 0 Å². The minimum absolute atomic E-state index is 0.0506. The summed E-state index contributed by atoms with van der Waals surface area (Å²) in [6.07, 6.45) is 1.19. The van der Waals surface area contributed by atoms with Crippen LogP contribution in [0.25, 0.3) is 0 Å². The first-order valence-corrected chi connectivity index (χ1v) is 6.39. The van der Waals surface area contributed by atoms with Crippen molar-refractivity contribution in [2.45, 2.75) is 25.7 Å². The van der Waals surface area contributed by atoms with E-state index in [1.165, 1.54) is 6.92 Å². The number of hydrogen-bond donors (Lipinski definition) is 1. The summed E-state index contributed by atoms with van der Waals surface area (Å²) in [6.45, 7) is 2.56. The van der Waals surface area contributed by atoms with Crippen LogP contribution in [0, 0.1) is 0 Å². The largest absolute Gasteiger partial charge is 0.493 e. The number of nitrogens with zero attached hydrogens (tertiary/aromatic N) is 1. The summed E-state index contributed by atoms with van der Waals surface area (Å²) >= 11 is 0. The Morgan fingerprint density at radius 3 is 2.89 bits per heavy atom. The molecule has 19 heavy (non-hydrogen) atoms.